The first-order chi connectivity index (χ1) is 10.7. The molecule has 1 heteroatoms. The van der Waals surface area contributed by atoms with Gasteiger partial charge in [-0.15, -0.1) is 8.19 Å². The van der Waals surface area contributed by atoms with Crippen molar-refractivity contribution in [3.63, 3.8) is 0 Å². The van der Waals surface area contributed by atoms with Gasteiger partial charge in [0.2, 0.25) is 0 Å². The smallest absolute Gasteiger partial charge is 0.0126 e. The summed E-state index contributed by atoms with van der Waals surface area (Å²) in [6, 6.07) is 17.8. The molecule has 0 N–H and O–H groups in total. The Morgan fingerprint density at radius 1 is 0.696 bits per heavy atom. The van der Waals surface area contributed by atoms with E-state index in [-0.39, 0.29) is 10.8 Å². The van der Waals surface area contributed by atoms with Crippen molar-refractivity contribution in [2.45, 2.75) is 52.4 Å². The maximum absolute atomic E-state index is 2.40. The van der Waals surface area contributed by atoms with Gasteiger partial charge in [0.1, 0.15) is 0 Å². The first kappa shape index (κ1) is 17.8. The Morgan fingerprint density at radius 3 is 2.09 bits per heavy atom. The first-order valence-corrected chi connectivity index (χ1v) is 9.46. The van der Waals surface area contributed by atoms with Crippen molar-refractivity contribution in [3.8, 4) is 11.1 Å². The third kappa shape index (κ3) is 4.72. The first-order valence-electron chi connectivity index (χ1n) is 8.31. The highest BCUT2D eigenvalue weighted by molar-refractivity contribution is 7.28. The third-order valence-corrected chi connectivity index (χ3v) is 4.80. The molecule has 0 nitrogen and oxygen atoms in total. The lowest BCUT2D eigenvalue weighted by Gasteiger charge is -2.27. The van der Waals surface area contributed by atoms with Crippen molar-refractivity contribution in [3.05, 3.63) is 71.3 Å². The summed E-state index contributed by atoms with van der Waals surface area (Å²) in [5.41, 5.74) is 5.75. The van der Waals surface area contributed by atoms with Crippen LogP contribution >= 0.6 is 8.19 Å². The van der Waals surface area contributed by atoms with Gasteiger partial charge in [-0.3, -0.25) is 0 Å². The van der Waals surface area contributed by atoms with Crippen LogP contribution in [0.1, 0.15) is 52.7 Å². The van der Waals surface area contributed by atoms with Crippen molar-refractivity contribution in [2.24, 2.45) is 0 Å². The molecule has 0 saturated carbocycles. The summed E-state index contributed by atoms with van der Waals surface area (Å²) in [5.74, 6) is 4.47. The second-order valence-corrected chi connectivity index (χ2v) is 9.13. The van der Waals surface area contributed by atoms with Crippen molar-refractivity contribution in [2.75, 3.05) is 0 Å². The molecule has 0 aliphatic carbocycles. The summed E-state index contributed by atoms with van der Waals surface area (Å²) >= 11 is 0. The van der Waals surface area contributed by atoms with Gasteiger partial charge in [-0.1, -0.05) is 90.1 Å². The van der Waals surface area contributed by atoms with Crippen LogP contribution in [-0.4, -0.2) is 0 Å². The lowest BCUT2D eigenvalue weighted by Crippen LogP contribution is -2.17. The Hall–Kier alpha value is -1.52. The molecule has 122 valence electrons. The number of hydrogen-bond donors (Lipinski definition) is 0. The summed E-state index contributed by atoms with van der Waals surface area (Å²) in [6.07, 6.45) is 0. The van der Waals surface area contributed by atoms with Gasteiger partial charge in [0.15, 0.2) is 0 Å². The minimum Gasteiger partial charge on any atom is -0.140 e. The topological polar surface area (TPSA) is 0 Å². The van der Waals surface area contributed by atoms with Gasteiger partial charge in [0, 0.05) is 0 Å². The van der Waals surface area contributed by atoms with Crippen LogP contribution < -0.4 is 0 Å². The Bertz CT molecular complexity index is 683. The summed E-state index contributed by atoms with van der Waals surface area (Å²) in [6.45, 7) is 13.7. The normalized spacial score (nSPS) is 12.3. The van der Waals surface area contributed by atoms with E-state index in [0.29, 0.717) is 0 Å². The van der Waals surface area contributed by atoms with Gasteiger partial charge in [-0.2, -0.15) is 0 Å². The van der Waals surface area contributed by atoms with E-state index in [1.54, 1.807) is 0 Å². The largest absolute Gasteiger partial charge is 0.140 e. The SMILES string of the molecule is CC(C)(C)c1ccc(-c2ccccc[pH]cc2)c(C(C)(C)C)c1. The number of benzene rings is 1. The van der Waals surface area contributed by atoms with Crippen LogP contribution in [0.5, 0.6) is 0 Å². The molecule has 0 aliphatic rings. The predicted molar refractivity (Wildman–Crippen MR) is 106 cm³/mol. The molecule has 1 atom stereocenters. The zero-order valence-corrected chi connectivity index (χ0v) is 16.3. The highest BCUT2D eigenvalue weighted by Gasteiger charge is 2.22. The van der Waals surface area contributed by atoms with Crippen molar-refractivity contribution < 1.29 is 0 Å². The highest BCUT2D eigenvalue weighted by Crippen LogP contribution is 2.36. The van der Waals surface area contributed by atoms with Gasteiger partial charge in [-0.25, -0.2) is 0 Å². The quantitative estimate of drug-likeness (QED) is 0.524. The maximum atomic E-state index is 2.40. The molecule has 2 rings (SSSR count). The highest BCUT2D eigenvalue weighted by atomic mass is 31.0. The fraction of sp³-hybridized carbons (Fsp3) is 0.364. The van der Waals surface area contributed by atoms with E-state index >= 15 is 0 Å². The average Bonchev–Trinajstić information content (AvgIpc) is 2.58. The number of rotatable bonds is 1. The molecule has 0 radical (unpaired) electrons. The molecule has 1 aromatic carbocycles. The van der Waals surface area contributed by atoms with Crippen LogP contribution in [0.15, 0.2) is 60.1 Å². The van der Waals surface area contributed by atoms with Gasteiger partial charge < -0.3 is 0 Å². The summed E-state index contributed by atoms with van der Waals surface area (Å²) in [4.78, 5) is 0. The monoisotopic (exact) mass is 324 g/mol. The Balaban J connectivity index is 2.71. The molecular formula is C22H29P. The lowest BCUT2D eigenvalue weighted by molar-refractivity contribution is 0.570. The summed E-state index contributed by atoms with van der Waals surface area (Å²) in [5, 5.41) is 0. The predicted octanol–water partition coefficient (Wildman–Crippen LogP) is 7.10. The van der Waals surface area contributed by atoms with Crippen LogP contribution in [-0.2, 0) is 10.8 Å². The molecule has 1 aromatic heterocycles. The Labute approximate surface area is 143 Å². The van der Waals surface area contributed by atoms with E-state index < -0.39 is 0 Å². The second-order valence-electron chi connectivity index (χ2n) is 8.13. The van der Waals surface area contributed by atoms with E-state index in [1.807, 2.05) is 0 Å². The van der Waals surface area contributed by atoms with Gasteiger partial charge in [-0.05, 0) is 44.7 Å². The molecule has 0 saturated heterocycles. The van der Waals surface area contributed by atoms with Crippen LogP contribution in [0.3, 0.4) is 0 Å². The van der Waals surface area contributed by atoms with Crippen molar-refractivity contribution >= 4 is 8.19 Å². The third-order valence-electron chi connectivity index (χ3n) is 4.05. The maximum Gasteiger partial charge on any atom is -0.0126 e. The molecule has 2 aromatic rings. The molecule has 0 bridgehead atoms. The fourth-order valence-corrected chi connectivity index (χ4v) is 3.26. The molecule has 23 heavy (non-hydrogen) atoms. The minimum atomic E-state index is 0.119. The zero-order valence-electron chi connectivity index (χ0n) is 15.3. The number of hydrogen-bond acceptors (Lipinski definition) is 0. The molecule has 0 spiro atoms. The standard InChI is InChI=1S/C22H29P/c1-21(2,3)18-11-12-19(20(16-18)22(4,5)6)17-10-8-7-9-14-23-15-13-17/h7-16,23H,1-6H3. The fourth-order valence-electron chi connectivity index (χ4n) is 2.65. The second kappa shape index (κ2) is 6.93. The summed E-state index contributed by atoms with van der Waals surface area (Å²) < 4.78 is 0. The van der Waals surface area contributed by atoms with Gasteiger partial charge in [0.25, 0.3) is 0 Å². The van der Waals surface area contributed by atoms with Crippen molar-refractivity contribution in [1.82, 2.24) is 0 Å². The molecule has 1 unspecified atom stereocenters. The molecule has 0 fully saturated rings. The average molecular weight is 324 g/mol. The Morgan fingerprint density at radius 2 is 1.43 bits per heavy atom. The van der Waals surface area contributed by atoms with Crippen LogP contribution in [0.25, 0.3) is 11.1 Å². The van der Waals surface area contributed by atoms with Gasteiger partial charge >= 0.3 is 0 Å². The van der Waals surface area contributed by atoms with Crippen molar-refractivity contribution in [1.29, 1.82) is 0 Å². The van der Waals surface area contributed by atoms with Crippen LogP contribution in [0, 0.1) is 0 Å². The lowest BCUT2D eigenvalue weighted by atomic mass is 9.77. The zero-order chi connectivity index (χ0) is 17.1. The minimum absolute atomic E-state index is 0.119. The van der Waals surface area contributed by atoms with E-state index in [9.17, 15) is 0 Å². The summed E-state index contributed by atoms with van der Waals surface area (Å²) in [7, 11) is 0.736. The van der Waals surface area contributed by atoms with E-state index in [4.69, 9.17) is 0 Å². The molecular weight excluding hydrogens is 295 g/mol. The van der Waals surface area contributed by atoms with E-state index in [1.165, 1.54) is 22.3 Å². The molecule has 1 heterocycles. The Kier molecular flexibility index (Phi) is 5.37. The molecule has 0 amide bonds. The van der Waals surface area contributed by atoms with Gasteiger partial charge in [0.05, 0.1) is 0 Å². The van der Waals surface area contributed by atoms with Crippen LogP contribution in [0.4, 0.5) is 0 Å². The van der Waals surface area contributed by atoms with E-state index in [0.717, 1.165) is 8.19 Å². The van der Waals surface area contributed by atoms with E-state index in [2.05, 4.69) is 102 Å². The molecule has 0 aliphatic heterocycles. The van der Waals surface area contributed by atoms with Crippen LogP contribution in [0.2, 0.25) is 0 Å².